The van der Waals surface area contributed by atoms with Crippen LogP contribution in [-0.4, -0.2) is 5.97 Å². The van der Waals surface area contributed by atoms with E-state index in [-0.39, 0.29) is 22.4 Å². The predicted octanol–water partition coefficient (Wildman–Crippen LogP) is 6.59. The van der Waals surface area contributed by atoms with Crippen molar-refractivity contribution < 1.29 is 13.9 Å². The molecule has 0 spiro atoms. The Morgan fingerprint density at radius 2 is 1.47 bits per heavy atom. The molecule has 1 aromatic heterocycles. The standard InChI is InChI=1S/C28H26O4/c1-17-6-9-19(10-7-17)25-26(24(29)22-16-18(2)8-15-23(22)31-25)32-27(30)20-11-13-21(14-12-20)28(3,4)5/h6-16H,1-5H3. The van der Waals surface area contributed by atoms with Crippen molar-refractivity contribution in [3.05, 3.63) is 99.2 Å². The molecule has 4 nitrogen and oxygen atoms in total. The molecule has 0 unspecified atom stereocenters. The van der Waals surface area contributed by atoms with Gasteiger partial charge in [-0.05, 0) is 49.1 Å². The molecule has 4 aromatic rings. The minimum absolute atomic E-state index is 0.0294. The molecule has 0 bridgehead atoms. The number of carbonyl (C=O) groups is 1. The molecule has 0 fully saturated rings. The Hall–Kier alpha value is -3.66. The summed E-state index contributed by atoms with van der Waals surface area (Å²) in [7, 11) is 0. The quantitative estimate of drug-likeness (QED) is 0.347. The van der Waals surface area contributed by atoms with Gasteiger partial charge in [-0.3, -0.25) is 4.79 Å². The van der Waals surface area contributed by atoms with E-state index < -0.39 is 5.97 Å². The third kappa shape index (κ3) is 4.22. The number of benzene rings is 3. The smallest absolute Gasteiger partial charge is 0.343 e. The van der Waals surface area contributed by atoms with Crippen LogP contribution in [0.5, 0.6) is 5.75 Å². The summed E-state index contributed by atoms with van der Waals surface area (Å²) in [6.07, 6.45) is 0. The molecule has 0 atom stereocenters. The Morgan fingerprint density at radius 3 is 2.09 bits per heavy atom. The average molecular weight is 427 g/mol. The molecule has 0 saturated carbocycles. The van der Waals surface area contributed by atoms with Gasteiger partial charge in [0, 0.05) is 5.56 Å². The van der Waals surface area contributed by atoms with Crippen molar-refractivity contribution in [3.8, 4) is 17.1 Å². The van der Waals surface area contributed by atoms with Crippen molar-refractivity contribution >= 4 is 16.9 Å². The molecule has 0 aliphatic rings. The second-order valence-corrected chi connectivity index (χ2v) is 9.17. The Kier molecular flexibility index (Phi) is 5.47. The monoisotopic (exact) mass is 426 g/mol. The maximum absolute atomic E-state index is 13.4. The van der Waals surface area contributed by atoms with Crippen LogP contribution in [0.15, 0.2) is 75.9 Å². The zero-order valence-corrected chi connectivity index (χ0v) is 19.0. The first-order valence-corrected chi connectivity index (χ1v) is 10.6. The molecule has 3 aromatic carbocycles. The zero-order valence-electron chi connectivity index (χ0n) is 19.0. The van der Waals surface area contributed by atoms with Gasteiger partial charge >= 0.3 is 5.97 Å². The third-order valence-corrected chi connectivity index (χ3v) is 5.50. The second-order valence-electron chi connectivity index (χ2n) is 9.17. The Balaban J connectivity index is 1.82. The number of carbonyl (C=O) groups excluding carboxylic acids is 1. The van der Waals surface area contributed by atoms with Crippen LogP contribution in [0.4, 0.5) is 0 Å². The first-order valence-electron chi connectivity index (χ1n) is 10.6. The number of rotatable bonds is 3. The highest BCUT2D eigenvalue weighted by atomic mass is 16.5. The lowest BCUT2D eigenvalue weighted by atomic mass is 9.87. The molecule has 0 amide bonds. The number of aryl methyl sites for hydroxylation is 2. The van der Waals surface area contributed by atoms with Gasteiger partial charge in [-0.2, -0.15) is 0 Å². The molecular weight excluding hydrogens is 400 g/mol. The van der Waals surface area contributed by atoms with Gasteiger partial charge in [-0.1, -0.05) is 74.4 Å². The molecule has 0 saturated heterocycles. The van der Waals surface area contributed by atoms with Crippen molar-refractivity contribution in [1.29, 1.82) is 0 Å². The lowest BCUT2D eigenvalue weighted by Gasteiger charge is -2.19. The number of ether oxygens (including phenoxy) is 1. The molecule has 0 N–H and O–H groups in total. The van der Waals surface area contributed by atoms with E-state index in [1.165, 1.54) is 0 Å². The zero-order chi connectivity index (χ0) is 23.0. The summed E-state index contributed by atoms with van der Waals surface area (Å²) in [5, 5.41) is 0.381. The van der Waals surface area contributed by atoms with E-state index >= 15 is 0 Å². The summed E-state index contributed by atoms with van der Waals surface area (Å²) in [6, 6.07) is 20.2. The van der Waals surface area contributed by atoms with E-state index in [0.29, 0.717) is 22.1 Å². The average Bonchev–Trinajstić information content (AvgIpc) is 2.76. The van der Waals surface area contributed by atoms with Crippen LogP contribution >= 0.6 is 0 Å². The van der Waals surface area contributed by atoms with Gasteiger partial charge in [0.15, 0.2) is 5.76 Å². The van der Waals surface area contributed by atoms with Gasteiger partial charge in [0.1, 0.15) is 5.58 Å². The van der Waals surface area contributed by atoms with Crippen LogP contribution in [0, 0.1) is 13.8 Å². The molecule has 162 valence electrons. The normalized spacial score (nSPS) is 11.5. The summed E-state index contributed by atoms with van der Waals surface area (Å²) >= 11 is 0. The summed E-state index contributed by atoms with van der Waals surface area (Å²) < 4.78 is 11.8. The maximum atomic E-state index is 13.4. The van der Waals surface area contributed by atoms with Crippen LogP contribution in [0.1, 0.15) is 47.8 Å². The highest BCUT2D eigenvalue weighted by molar-refractivity contribution is 5.93. The Morgan fingerprint density at radius 1 is 0.844 bits per heavy atom. The van der Waals surface area contributed by atoms with E-state index in [4.69, 9.17) is 9.15 Å². The van der Waals surface area contributed by atoms with E-state index in [0.717, 1.165) is 16.7 Å². The van der Waals surface area contributed by atoms with Crippen LogP contribution in [-0.2, 0) is 5.41 Å². The van der Waals surface area contributed by atoms with Gasteiger partial charge < -0.3 is 9.15 Å². The molecule has 0 radical (unpaired) electrons. The lowest BCUT2D eigenvalue weighted by Crippen LogP contribution is -2.17. The Labute approximate surface area is 187 Å². The molecular formula is C28H26O4. The highest BCUT2D eigenvalue weighted by Crippen LogP contribution is 2.32. The first kappa shape index (κ1) is 21.6. The molecule has 0 aliphatic carbocycles. The minimum Gasteiger partial charge on any atom is -0.452 e. The first-order chi connectivity index (χ1) is 15.1. The summed E-state index contributed by atoms with van der Waals surface area (Å²) in [6.45, 7) is 10.2. The lowest BCUT2D eigenvalue weighted by molar-refractivity contribution is 0.0731. The van der Waals surface area contributed by atoms with E-state index in [9.17, 15) is 9.59 Å². The van der Waals surface area contributed by atoms with Crippen molar-refractivity contribution in [3.63, 3.8) is 0 Å². The van der Waals surface area contributed by atoms with Gasteiger partial charge in [-0.15, -0.1) is 0 Å². The second kappa shape index (κ2) is 8.12. The van der Waals surface area contributed by atoms with Crippen LogP contribution in [0.25, 0.3) is 22.3 Å². The molecule has 4 rings (SSSR count). The van der Waals surface area contributed by atoms with Crippen molar-refractivity contribution in [2.45, 2.75) is 40.0 Å². The molecule has 32 heavy (non-hydrogen) atoms. The third-order valence-electron chi connectivity index (χ3n) is 5.50. The van der Waals surface area contributed by atoms with Crippen LogP contribution < -0.4 is 10.2 Å². The predicted molar refractivity (Wildman–Crippen MR) is 127 cm³/mol. The number of hydrogen-bond donors (Lipinski definition) is 0. The summed E-state index contributed by atoms with van der Waals surface area (Å²) in [4.78, 5) is 26.3. The van der Waals surface area contributed by atoms with Gasteiger partial charge in [0.25, 0.3) is 0 Å². The maximum Gasteiger partial charge on any atom is 0.343 e. The fraction of sp³-hybridized carbons (Fsp3) is 0.214. The largest absolute Gasteiger partial charge is 0.452 e. The van der Waals surface area contributed by atoms with E-state index in [2.05, 4.69) is 20.8 Å². The Bertz CT molecular complexity index is 1350. The fourth-order valence-electron chi connectivity index (χ4n) is 3.54. The van der Waals surface area contributed by atoms with Gasteiger partial charge in [0.05, 0.1) is 10.9 Å². The van der Waals surface area contributed by atoms with E-state index in [1.807, 2.05) is 56.3 Å². The highest BCUT2D eigenvalue weighted by Gasteiger charge is 2.22. The van der Waals surface area contributed by atoms with E-state index in [1.54, 1.807) is 24.3 Å². The van der Waals surface area contributed by atoms with Crippen molar-refractivity contribution in [1.82, 2.24) is 0 Å². The topological polar surface area (TPSA) is 56.5 Å². The fourth-order valence-corrected chi connectivity index (χ4v) is 3.54. The molecule has 0 aliphatic heterocycles. The number of fused-ring (bicyclic) bond motifs is 1. The molecule has 1 heterocycles. The summed E-state index contributed by atoms with van der Waals surface area (Å²) in [5.74, 6) is -0.457. The minimum atomic E-state index is -0.599. The molecule has 4 heteroatoms. The van der Waals surface area contributed by atoms with Crippen LogP contribution in [0.2, 0.25) is 0 Å². The summed E-state index contributed by atoms with van der Waals surface area (Å²) in [5.41, 5.74) is 4.19. The van der Waals surface area contributed by atoms with Crippen molar-refractivity contribution in [2.24, 2.45) is 0 Å². The van der Waals surface area contributed by atoms with Gasteiger partial charge in [-0.25, -0.2) is 4.79 Å². The van der Waals surface area contributed by atoms with Gasteiger partial charge in [0.2, 0.25) is 11.2 Å². The SMILES string of the molecule is Cc1ccc(-c2oc3ccc(C)cc3c(=O)c2OC(=O)c2ccc(C(C)(C)C)cc2)cc1. The van der Waals surface area contributed by atoms with Crippen LogP contribution in [0.3, 0.4) is 0 Å². The number of hydrogen-bond acceptors (Lipinski definition) is 4. The van der Waals surface area contributed by atoms with Crippen molar-refractivity contribution in [2.75, 3.05) is 0 Å². The number of esters is 1.